The van der Waals surface area contributed by atoms with Gasteiger partial charge in [-0.1, -0.05) is 148 Å². The molecule has 0 bridgehead atoms. The van der Waals surface area contributed by atoms with E-state index in [-0.39, 0.29) is 0 Å². The van der Waals surface area contributed by atoms with E-state index in [1.165, 1.54) is 60.1 Å². The van der Waals surface area contributed by atoms with Crippen LogP contribution in [-0.2, 0) is 6.42 Å². The van der Waals surface area contributed by atoms with Crippen molar-refractivity contribution in [2.45, 2.75) is 20.3 Å². The molecule has 0 saturated heterocycles. The van der Waals surface area contributed by atoms with Crippen LogP contribution >= 0.6 is 0 Å². The second-order valence-electron chi connectivity index (χ2n) is 9.25. The number of hydrogen-bond acceptors (Lipinski definition) is 1. The smallest absolute Gasteiger partial charge is 0.0988 e. The normalized spacial score (nSPS) is 11.2. The van der Waals surface area contributed by atoms with E-state index in [1.54, 1.807) is 6.08 Å². The Hall–Kier alpha value is -4.93. The molecule has 0 unspecified atom stereocenters. The maximum absolute atomic E-state index is 9.27. The van der Waals surface area contributed by atoms with Crippen LogP contribution in [0.5, 0.6) is 0 Å². The Morgan fingerprint density at radius 3 is 1.82 bits per heavy atom. The lowest BCUT2D eigenvalue weighted by atomic mass is 9.84. The molecule has 0 amide bonds. The molecule has 0 saturated carbocycles. The van der Waals surface area contributed by atoms with Crippen LogP contribution in [0, 0.1) is 11.3 Å². The standard InChI is InChI=1S/C36H25N.C2H6/c1-2-25(24-37)21-22-26-11-9-14-28(23-26)35-31-16-5-7-18-33(31)36(34-19-8-6-17-32(34)35)30-20-10-13-27-12-3-4-15-29(27)30;1-2/h2-21,23H,1,22H2;1-2H3/b25-21+;. The second-order valence-corrected chi connectivity index (χ2v) is 9.25. The molecule has 188 valence electrons. The first kappa shape index (κ1) is 25.7. The van der Waals surface area contributed by atoms with E-state index in [1.807, 2.05) is 19.9 Å². The first-order valence-electron chi connectivity index (χ1n) is 13.5. The molecule has 0 spiro atoms. The third-order valence-corrected chi connectivity index (χ3v) is 7.11. The molecule has 0 aliphatic rings. The van der Waals surface area contributed by atoms with Gasteiger partial charge in [-0.3, -0.25) is 0 Å². The van der Waals surface area contributed by atoms with Crippen molar-refractivity contribution in [2.75, 3.05) is 0 Å². The van der Waals surface area contributed by atoms with E-state index < -0.39 is 0 Å². The quantitative estimate of drug-likeness (QED) is 0.131. The highest BCUT2D eigenvalue weighted by Crippen LogP contribution is 2.45. The molecule has 1 heteroatoms. The van der Waals surface area contributed by atoms with E-state index in [9.17, 15) is 5.26 Å². The van der Waals surface area contributed by atoms with Gasteiger partial charge in [0.05, 0.1) is 6.07 Å². The number of rotatable bonds is 5. The third-order valence-electron chi connectivity index (χ3n) is 7.11. The topological polar surface area (TPSA) is 23.8 Å². The molecule has 6 aromatic rings. The van der Waals surface area contributed by atoms with Gasteiger partial charge in [0.1, 0.15) is 0 Å². The van der Waals surface area contributed by atoms with Gasteiger partial charge in [0.25, 0.3) is 0 Å². The van der Waals surface area contributed by atoms with Gasteiger partial charge in [-0.05, 0) is 66.6 Å². The molecule has 39 heavy (non-hydrogen) atoms. The summed E-state index contributed by atoms with van der Waals surface area (Å²) in [6.45, 7) is 7.74. The summed E-state index contributed by atoms with van der Waals surface area (Å²) < 4.78 is 0. The zero-order valence-electron chi connectivity index (χ0n) is 22.5. The highest BCUT2D eigenvalue weighted by Gasteiger charge is 2.17. The van der Waals surface area contributed by atoms with Crippen LogP contribution in [-0.4, -0.2) is 0 Å². The Bertz CT molecular complexity index is 1820. The maximum atomic E-state index is 9.27. The fraction of sp³-hybridized carbons (Fsp3) is 0.0789. The van der Waals surface area contributed by atoms with E-state index in [0.29, 0.717) is 12.0 Å². The summed E-state index contributed by atoms with van der Waals surface area (Å²) in [7, 11) is 0. The van der Waals surface area contributed by atoms with Gasteiger partial charge in [0.2, 0.25) is 0 Å². The van der Waals surface area contributed by atoms with Crippen LogP contribution in [0.4, 0.5) is 0 Å². The summed E-state index contributed by atoms with van der Waals surface area (Å²) in [6.07, 6.45) is 4.23. The van der Waals surface area contributed by atoms with Crippen molar-refractivity contribution in [3.63, 3.8) is 0 Å². The number of fused-ring (bicyclic) bond motifs is 3. The average Bonchev–Trinajstić information content (AvgIpc) is 3.01. The largest absolute Gasteiger partial charge is 0.192 e. The van der Waals surface area contributed by atoms with Crippen molar-refractivity contribution in [1.82, 2.24) is 0 Å². The molecule has 0 heterocycles. The van der Waals surface area contributed by atoms with Crippen LogP contribution in [0.2, 0.25) is 0 Å². The highest BCUT2D eigenvalue weighted by atomic mass is 14.2. The molecule has 0 N–H and O–H groups in total. The van der Waals surface area contributed by atoms with Crippen LogP contribution in [0.1, 0.15) is 19.4 Å². The van der Waals surface area contributed by atoms with Crippen LogP contribution in [0.15, 0.2) is 140 Å². The zero-order chi connectivity index (χ0) is 27.2. The summed E-state index contributed by atoms with van der Waals surface area (Å²) in [5.41, 5.74) is 6.71. The van der Waals surface area contributed by atoms with Crippen LogP contribution in [0.25, 0.3) is 54.6 Å². The van der Waals surface area contributed by atoms with Crippen molar-refractivity contribution < 1.29 is 0 Å². The number of nitrogens with zero attached hydrogens (tertiary/aromatic N) is 1. The van der Waals surface area contributed by atoms with Crippen molar-refractivity contribution in [2.24, 2.45) is 0 Å². The Morgan fingerprint density at radius 2 is 1.21 bits per heavy atom. The third kappa shape index (κ3) is 4.86. The van der Waals surface area contributed by atoms with Gasteiger partial charge in [0.15, 0.2) is 0 Å². The molecular formula is C38H31N. The molecule has 1 nitrogen and oxygen atoms in total. The molecule has 0 aliphatic carbocycles. The monoisotopic (exact) mass is 501 g/mol. The van der Waals surface area contributed by atoms with Crippen molar-refractivity contribution in [1.29, 1.82) is 5.26 Å². The molecule has 0 radical (unpaired) electrons. The Labute approximate surface area is 231 Å². The highest BCUT2D eigenvalue weighted by molar-refractivity contribution is 6.23. The first-order valence-corrected chi connectivity index (χ1v) is 13.5. The minimum absolute atomic E-state index is 0.598. The fourth-order valence-electron chi connectivity index (χ4n) is 5.43. The van der Waals surface area contributed by atoms with E-state index in [4.69, 9.17) is 0 Å². The van der Waals surface area contributed by atoms with E-state index in [0.717, 1.165) is 0 Å². The molecule has 6 rings (SSSR count). The molecule has 0 aliphatic heterocycles. The first-order chi connectivity index (χ1) is 19.3. The SMILES string of the molecule is C=C/C(C#N)=C\Cc1cccc(-c2c3ccccc3c(-c3cccc4ccccc34)c3ccccc23)c1.CC. The average molecular weight is 502 g/mol. The number of allylic oxidation sites excluding steroid dienone is 3. The second kappa shape index (κ2) is 11.6. The summed E-state index contributed by atoms with van der Waals surface area (Å²) in [6, 6.07) is 43.6. The maximum Gasteiger partial charge on any atom is 0.0988 e. The molecule has 0 atom stereocenters. The van der Waals surface area contributed by atoms with Gasteiger partial charge in [-0.15, -0.1) is 0 Å². The predicted octanol–water partition coefficient (Wildman–Crippen LogP) is 10.7. The molecule has 0 aromatic heterocycles. The fourth-order valence-corrected chi connectivity index (χ4v) is 5.43. The predicted molar refractivity (Wildman–Crippen MR) is 169 cm³/mol. The van der Waals surface area contributed by atoms with Gasteiger partial charge in [-0.25, -0.2) is 0 Å². The molecule has 0 fully saturated rings. The summed E-state index contributed by atoms with van der Waals surface area (Å²) in [5, 5.41) is 16.7. The lowest BCUT2D eigenvalue weighted by Gasteiger charge is -2.19. The van der Waals surface area contributed by atoms with Crippen LogP contribution < -0.4 is 0 Å². The number of hydrogen-bond donors (Lipinski definition) is 0. The van der Waals surface area contributed by atoms with Gasteiger partial charge < -0.3 is 0 Å². The van der Waals surface area contributed by atoms with Gasteiger partial charge >= 0.3 is 0 Å². The summed E-state index contributed by atoms with van der Waals surface area (Å²) in [5.74, 6) is 0. The summed E-state index contributed by atoms with van der Waals surface area (Å²) >= 11 is 0. The van der Waals surface area contributed by atoms with Crippen molar-refractivity contribution in [3.05, 3.63) is 145 Å². The number of benzene rings is 6. The van der Waals surface area contributed by atoms with Gasteiger partial charge in [-0.2, -0.15) is 5.26 Å². The van der Waals surface area contributed by atoms with Crippen molar-refractivity contribution >= 4 is 32.3 Å². The minimum atomic E-state index is 0.598. The Morgan fingerprint density at radius 1 is 0.667 bits per heavy atom. The lowest BCUT2D eigenvalue weighted by Crippen LogP contribution is -1.92. The number of nitriles is 1. The zero-order valence-corrected chi connectivity index (χ0v) is 22.5. The Kier molecular flexibility index (Phi) is 7.67. The summed E-state index contributed by atoms with van der Waals surface area (Å²) in [4.78, 5) is 0. The molecular weight excluding hydrogens is 470 g/mol. The molecule has 6 aromatic carbocycles. The minimum Gasteiger partial charge on any atom is -0.192 e. The van der Waals surface area contributed by atoms with Crippen molar-refractivity contribution in [3.8, 4) is 28.3 Å². The van der Waals surface area contributed by atoms with E-state index in [2.05, 4.69) is 128 Å². The van der Waals surface area contributed by atoms with E-state index >= 15 is 0 Å². The van der Waals surface area contributed by atoms with Crippen LogP contribution in [0.3, 0.4) is 0 Å². The Balaban J connectivity index is 0.00000151. The van der Waals surface area contributed by atoms with Gasteiger partial charge in [0, 0.05) is 5.57 Å². The lowest BCUT2D eigenvalue weighted by molar-refractivity contribution is 1.26.